The average Bonchev–Trinajstić information content (AvgIpc) is 3.15. The number of piperidine rings is 1. The van der Waals surface area contributed by atoms with Gasteiger partial charge in [-0.2, -0.15) is 13.2 Å². The molecule has 4 rings (SSSR count). The summed E-state index contributed by atoms with van der Waals surface area (Å²) in [6.07, 6.45) is -0.202. The summed E-state index contributed by atoms with van der Waals surface area (Å²) in [4.78, 5) is 6.78. The summed E-state index contributed by atoms with van der Waals surface area (Å²) in [7, 11) is 0. The van der Waals surface area contributed by atoms with E-state index in [4.69, 9.17) is 0 Å². The molecule has 1 aliphatic heterocycles. The van der Waals surface area contributed by atoms with Crippen molar-refractivity contribution in [3.8, 4) is 0 Å². The number of aryl methyl sites for hydroxylation is 1. The number of para-hydroxylation sites is 1. The molecule has 1 fully saturated rings. The first-order valence-electron chi connectivity index (χ1n) is 9.17. The van der Waals surface area contributed by atoms with Crippen LogP contribution in [0.3, 0.4) is 0 Å². The van der Waals surface area contributed by atoms with Gasteiger partial charge >= 0.3 is 6.18 Å². The van der Waals surface area contributed by atoms with Gasteiger partial charge in [0.25, 0.3) is 0 Å². The van der Waals surface area contributed by atoms with E-state index in [2.05, 4.69) is 33.6 Å². The quantitative estimate of drug-likeness (QED) is 0.547. The third-order valence-electron chi connectivity index (χ3n) is 5.37. The molecular weight excluding hydrogens is 369 g/mol. The Kier molecular flexibility index (Phi) is 5.08. The summed E-state index contributed by atoms with van der Waals surface area (Å²) in [6, 6.07) is 11.9. The van der Waals surface area contributed by atoms with E-state index >= 15 is 0 Å². The van der Waals surface area contributed by atoms with E-state index in [1.165, 1.54) is 17.8 Å². The lowest BCUT2D eigenvalue weighted by atomic mass is 9.90. The Labute approximate surface area is 160 Å². The fourth-order valence-electron chi connectivity index (χ4n) is 3.77. The predicted molar refractivity (Wildman–Crippen MR) is 103 cm³/mol. The van der Waals surface area contributed by atoms with Crippen molar-refractivity contribution >= 4 is 27.2 Å². The second-order valence-electron chi connectivity index (χ2n) is 7.09. The number of fused-ring (bicyclic) bond motifs is 1. The summed E-state index contributed by atoms with van der Waals surface area (Å²) in [6.45, 7) is 1.99. The van der Waals surface area contributed by atoms with E-state index < -0.39 is 11.7 Å². The molecule has 0 spiro atoms. The van der Waals surface area contributed by atoms with Gasteiger partial charge < -0.3 is 4.90 Å². The molecule has 3 aromatic rings. The number of hydrogen-bond donors (Lipinski definition) is 0. The number of rotatable bonds is 4. The van der Waals surface area contributed by atoms with Crippen LogP contribution < -0.4 is 4.90 Å². The van der Waals surface area contributed by atoms with Crippen molar-refractivity contribution < 1.29 is 13.2 Å². The van der Waals surface area contributed by atoms with Crippen LogP contribution in [0.5, 0.6) is 0 Å². The zero-order chi connectivity index (χ0) is 18.9. The Balaban J connectivity index is 1.31. The van der Waals surface area contributed by atoms with Crippen LogP contribution in [0.1, 0.15) is 30.4 Å². The third-order valence-corrected chi connectivity index (χ3v) is 6.10. The molecule has 0 amide bonds. The summed E-state index contributed by atoms with van der Waals surface area (Å²) in [5.74, 6) is 0.616. The van der Waals surface area contributed by atoms with Crippen molar-refractivity contribution in [2.24, 2.45) is 5.92 Å². The number of alkyl halides is 3. The second-order valence-corrected chi connectivity index (χ2v) is 7.92. The number of thiazole rings is 1. The number of benzene rings is 2. The highest BCUT2D eigenvalue weighted by atomic mass is 32.1. The molecule has 141 valence electrons. The van der Waals surface area contributed by atoms with Gasteiger partial charge in [-0.3, -0.25) is 0 Å². The van der Waals surface area contributed by atoms with Crippen LogP contribution in [-0.4, -0.2) is 18.1 Å². The smallest absolute Gasteiger partial charge is 0.370 e. The molecule has 1 aliphatic rings. The highest BCUT2D eigenvalue weighted by Crippen LogP contribution is 2.32. The number of halogens is 3. The van der Waals surface area contributed by atoms with Gasteiger partial charge in [-0.15, -0.1) is 11.3 Å². The monoisotopic (exact) mass is 389 g/mol. The van der Waals surface area contributed by atoms with Crippen LogP contribution in [-0.2, 0) is 12.6 Å². The topological polar surface area (TPSA) is 16.1 Å². The Morgan fingerprint density at radius 2 is 1.81 bits per heavy atom. The van der Waals surface area contributed by atoms with Gasteiger partial charge in [-0.1, -0.05) is 18.2 Å². The molecule has 27 heavy (non-hydrogen) atoms. The van der Waals surface area contributed by atoms with E-state index in [9.17, 15) is 13.2 Å². The minimum absolute atomic E-state index is 0.576. The van der Waals surface area contributed by atoms with Gasteiger partial charge in [-0.25, -0.2) is 4.98 Å². The van der Waals surface area contributed by atoms with Crippen LogP contribution in [0.15, 0.2) is 42.5 Å². The van der Waals surface area contributed by atoms with Crippen molar-refractivity contribution in [3.05, 3.63) is 59.1 Å². The van der Waals surface area contributed by atoms with Gasteiger partial charge in [0.1, 0.15) is 5.52 Å². The molecule has 1 saturated heterocycles. The van der Waals surface area contributed by atoms with E-state index in [1.54, 1.807) is 23.5 Å². The van der Waals surface area contributed by atoms with Gasteiger partial charge in [0.05, 0.1) is 16.0 Å². The normalized spacial score (nSPS) is 16.2. The third kappa shape index (κ3) is 4.10. The Bertz CT molecular complexity index is 894. The Morgan fingerprint density at radius 3 is 2.52 bits per heavy atom. The number of nitrogens with zero attached hydrogens (tertiary/aromatic N) is 2. The Morgan fingerprint density at radius 1 is 1.07 bits per heavy atom. The molecule has 6 heteroatoms. The van der Waals surface area contributed by atoms with Gasteiger partial charge in [0.2, 0.25) is 0 Å². The van der Waals surface area contributed by atoms with Crippen LogP contribution >= 0.6 is 11.3 Å². The largest absolute Gasteiger partial charge is 0.416 e. The summed E-state index contributed by atoms with van der Waals surface area (Å²) in [5.41, 5.74) is 5.60. The van der Waals surface area contributed by atoms with E-state index in [0.717, 1.165) is 54.6 Å². The zero-order valence-corrected chi connectivity index (χ0v) is 15.6. The minimum atomic E-state index is -4.26. The molecule has 2 aromatic carbocycles. The van der Waals surface area contributed by atoms with E-state index in [-0.39, 0.29) is 0 Å². The molecule has 0 aliphatic carbocycles. The average molecular weight is 389 g/mol. The molecule has 0 saturated carbocycles. The first-order valence-corrected chi connectivity index (χ1v) is 9.99. The van der Waals surface area contributed by atoms with E-state index in [1.807, 2.05) is 0 Å². The van der Waals surface area contributed by atoms with Gasteiger partial charge in [0, 0.05) is 13.1 Å². The maximum Gasteiger partial charge on any atom is 0.416 e. The van der Waals surface area contributed by atoms with Crippen LogP contribution in [0.2, 0.25) is 0 Å². The van der Waals surface area contributed by atoms with E-state index in [0.29, 0.717) is 5.92 Å². The number of anilines is 1. The summed E-state index contributed by atoms with van der Waals surface area (Å²) >= 11 is 1.54. The first-order chi connectivity index (χ1) is 13.0. The van der Waals surface area contributed by atoms with Crippen LogP contribution in [0.4, 0.5) is 18.9 Å². The maximum absolute atomic E-state index is 12.6. The predicted octanol–water partition coefficient (Wildman–Crippen LogP) is 5.96. The lowest BCUT2D eigenvalue weighted by Crippen LogP contribution is -2.33. The molecule has 1 aromatic heterocycles. The number of hydrogen-bond acceptors (Lipinski definition) is 3. The lowest BCUT2D eigenvalue weighted by Gasteiger charge is -2.33. The summed E-state index contributed by atoms with van der Waals surface area (Å²) in [5, 5.41) is 0. The van der Waals surface area contributed by atoms with Gasteiger partial charge in [0.15, 0.2) is 5.51 Å². The molecule has 0 unspecified atom stereocenters. The lowest BCUT2D eigenvalue weighted by molar-refractivity contribution is -0.137. The fourth-order valence-corrected chi connectivity index (χ4v) is 4.40. The molecule has 0 bridgehead atoms. The molecule has 0 atom stereocenters. The fraction of sp³-hybridized carbons (Fsp3) is 0.381. The van der Waals surface area contributed by atoms with Crippen LogP contribution in [0, 0.1) is 11.4 Å². The highest BCUT2D eigenvalue weighted by molar-refractivity contribution is 7.16. The second kappa shape index (κ2) is 7.50. The van der Waals surface area contributed by atoms with Crippen molar-refractivity contribution in [2.75, 3.05) is 18.0 Å². The SMILES string of the molecule is FC(F)(F)c1ccc(CCC2CCN(c3cccc4s[c]nc34)CC2)cc1. The van der Waals surface area contributed by atoms with Gasteiger partial charge in [-0.05, 0) is 61.4 Å². The first kappa shape index (κ1) is 18.3. The van der Waals surface area contributed by atoms with Crippen molar-refractivity contribution in [1.29, 1.82) is 0 Å². The number of aromatic nitrogens is 1. The maximum atomic E-state index is 12.6. The van der Waals surface area contributed by atoms with Crippen molar-refractivity contribution in [3.63, 3.8) is 0 Å². The standard InChI is InChI=1S/C21H20F3N2S/c22-21(23,24)17-8-6-15(7-9-17)4-5-16-10-12-26(13-11-16)18-2-1-3-19-20(18)25-14-27-19/h1-3,6-9,16H,4-5,10-13H2. The van der Waals surface area contributed by atoms with Crippen molar-refractivity contribution in [2.45, 2.75) is 31.9 Å². The molecule has 1 radical (unpaired) electrons. The molecule has 0 N–H and O–H groups in total. The zero-order valence-electron chi connectivity index (χ0n) is 14.8. The Hall–Kier alpha value is -2.08. The van der Waals surface area contributed by atoms with Crippen molar-refractivity contribution in [1.82, 2.24) is 4.98 Å². The molecule has 2 heterocycles. The minimum Gasteiger partial charge on any atom is -0.370 e. The molecule has 2 nitrogen and oxygen atoms in total. The van der Waals surface area contributed by atoms with Crippen LogP contribution in [0.25, 0.3) is 10.2 Å². The highest BCUT2D eigenvalue weighted by Gasteiger charge is 2.30. The summed E-state index contributed by atoms with van der Waals surface area (Å²) < 4.78 is 39.1. The molecular formula is C21H20F3N2S.